The van der Waals surface area contributed by atoms with Crippen molar-refractivity contribution in [1.82, 2.24) is 0 Å². The zero-order valence-electron chi connectivity index (χ0n) is 8.10. The molecule has 0 aliphatic heterocycles. The van der Waals surface area contributed by atoms with E-state index in [0.717, 1.165) is 0 Å². The second-order valence-corrected chi connectivity index (χ2v) is 3.78. The Kier molecular flexibility index (Phi) is 4.35. The lowest BCUT2D eigenvalue weighted by Crippen LogP contribution is -2.19. The molecule has 5 heteroatoms. The lowest BCUT2D eigenvalue weighted by Gasteiger charge is -2.17. The highest BCUT2D eigenvalue weighted by Gasteiger charge is 2.18. The fourth-order valence-corrected chi connectivity index (χ4v) is 1.57. The Morgan fingerprint density at radius 2 is 1.93 bits per heavy atom. The van der Waals surface area contributed by atoms with Crippen molar-refractivity contribution in [2.75, 3.05) is 12.3 Å². The third kappa shape index (κ3) is 3.35. The van der Waals surface area contributed by atoms with Crippen LogP contribution in [0.15, 0.2) is 18.2 Å². The van der Waals surface area contributed by atoms with E-state index >= 15 is 0 Å². The topological polar surface area (TPSA) is 86.7 Å². The number of aliphatic hydroxyl groups is 3. The van der Waals surface area contributed by atoms with Gasteiger partial charge in [0.15, 0.2) is 0 Å². The summed E-state index contributed by atoms with van der Waals surface area (Å²) < 4.78 is 0. The summed E-state index contributed by atoms with van der Waals surface area (Å²) in [6.07, 6.45) is -2.00. The first-order valence-corrected chi connectivity index (χ1v) is 4.95. The predicted octanol–water partition coefficient (Wildman–Crippen LogP) is 0.699. The van der Waals surface area contributed by atoms with E-state index in [-0.39, 0.29) is 13.0 Å². The average molecular weight is 232 g/mol. The van der Waals surface area contributed by atoms with E-state index in [2.05, 4.69) is 0 Å². The summed E-state index contributed by atoms with van der Waals surface area (Å²) >= 11 is 5.75. The summed E-state index contributed by atoms with van der Waals surface area (Å²) in [6.45, 7) is -0.186. The van der Waals surface area contributed by atoms with Gasteiger partial charge in [-0.1, -0.05) is 11.6 Å². The zero-order chi connectivity index (χ0) is 11.4. The summed E-state index contributed by atoms with van der Waals surface area (Å²) in [5.74, 6) is 0. The van der Waals surface area contributed by atoms with Crippen LogP contribution in [0.25, 0.3) is 0 Å². The van der Waals surface area contributed by atoms with Crippen LogP contribution in [-0.4, -0.2) is 28.0 Å². The van der Waals surface area contributed by atoms with Gasteiger partial charge in [-0.15, -0.1) is 0 Å². The van der Waals surface area contributed by atoms with Gasteiger partial charge in [-0.25, -0.2) is 0 Å². The highest BCUT2D eigenvalue weighted by atomic mass is 35.5. The number of benzene rings is 1. The van der Waals surface area contributed by atoms with Crippen LogP contribution in [0, 0.1) is 0 Å². The van der Waals surface area contributed by atoms with E-state index in [0.29, 0.717) is 16.3 Å². The van der Waals surface area contributed by atoms with Gasteiger partial charge >= 0.3 is 0 Å². The SMILES string of the molecule is Nc1cc(Cl)cc(C(O)C(O)CCO)c1. The van der Waals surface area contributed by atoms with Crippen molar-refractivity contribution in [3.63, 3.8) is 0 Å². The molecule has 2 unspecified atom stereocenters. The molecule has 0 heterocycles. The van der Waals surface area contributed by atoms with Crippen LogP contribution in [0.2, 0.25) is 5.02 Å². The minimum atomic E-state index is -1.09. The zero-order valence-corrected chi connectivity index (χ0v) is 8.85. The molecule has 0 saturated carbocycles. The van der Waals surface area contributed by atoms with Gasteiger partial charge in [-0.3, -0.25) is 0 Å². The average Bonchev–Trinajstić information content (AvgIpc) is 2.15. The monoisotopic (exact) mass is 231 g/mol. The summed E-state index contributed by atoms with van der Waals surface area (Å²) in [7, 11) is 0. The number of hydrogen-bond donors (Lipinski definition) is 4. The maximum Gasteiger partial charge on any atom is 0.105 e. The molecule has 0 aromatic heterocycles. The van der Waals surface area contributed by atoms with Crippen molar-refractivity contribution < 1.29 is 15.3 Å². The molecule has 4 nitrogen and oxygen atoms in total. The molecule has 0 amide bonds. The Bertz CT molecular complexity index is 312. The van der Waals surface area contributed by atoms with Gasteiger partial charge in [0, 0.05) is 17.3 Å². The Hall–Kier alpha value is -0.810. The molecule has 0 radical (unpaired) electrons. The Morgan fingerprint density at radius 1 is 1.27 bits per heavy atom. The normalized spacial score (nSPS) is 14.9. The lowest BCUT2D eigenvalue weighted by molar-refractivity contribution is 0.00425. The molecule has 1 aromatic carbocycles. The number of halogens is 1. The van der Waals surface area contributed by atoms with Crippen molar-refractivity contribution in [3.8, 4) is 0 Å². The van der Waals surface area contributed by atoms with E-state index in [1.165, 1.54) is 12.1 Å². The molecule has 84 valence electrons. The molecular weight excluding hydrogens is 218 g/mol. The van der Waals surface area contributed by atoms with Crippen LogP contribution in [0.3, 0.4) is 0 Å². The molecule has 0 spiro atoms. The van der Waals surface area contributed by atoms with E-state index < -0.39 is 12.2 Å². The molecule has 0 bridgehead atoms. The maximum atomic E-state index is 9.69. The summed E-state index contributed by atoms with van der Waals surface area (Å²) in [5.41, 5.74) is 6.41. The standard InChI is InChI=1S/C10H14ClNO3/c11-7-3-6(4-8(12)5-7)10(15)9(14)1-2-13/h3-5,9-10,13-15H,1-2,12H2. The molecule has 0 aliphatic rings. The highest BCUT2D eigenvalue weighted by molar-refractivity contribution is 6.30. The highest BCUT2D eigenvalue weighted by Crippen LogP contribution is 2.24. The van der Waals surface area contributed by atoms with Gasteiger partial charge in [-0.05, 0) is 30.2 Å². The number of rotatable bonds is 4. The van der Waals surface area contributed by atoms with Gasteiger partial charge in [0.1, 0.15) is 6.10 Å². The van der Waals surface area contributed by atoms with Gasteiger partial charge in [0.2, 0.25) is 0 Å². The molecule has 2 atom stereocenters. The second kappa shape index (κ2) is 5.32. The molecule has 5 N–H and O–H groups in total. The van der Waals surface area contributed by atoms with Crippen molar-refractivity contribution >= 4 is 17.3 Å². The molecule has 15 heavy (non-hydrogen) atoms. The third-order valence-corrected chi connectivity index (χ3v) is 2.29. The number of anilines is 1. The number of nitrogens with two attached hydrogens (primary N) is 1. The minimum absolute atomic E-state index is 0.105. The summed E-state index contributed by atoms with van der Waals surface area (Å²) in [6, 6.07) is 4.62. The number of aliphatic hydroxyl groups excluding tert-OH is 3. The van der Waals surface area contributed by atoms with E-state index in [9.17, 15) is 10.2 Å². The quantitative estimate of drug-likeness (QED) is 0.575. The van der Waals surface area contributed by atoms with Crippen molar-refractivity contribution in [2.45, 2.75) is 18.6 Å². The first-order chi connectivity index (χ1) is 7.04. The van der Waals surface area contributed by atoms with Crippen LogP contribution in [0.5, 0.6) is 0 Å². The third-order valence-electron chi connectivity index (χ3n) is 2.07. The molecular formula is C10H14ClNO3. The largest absolute Gasteiger partial charge is 0.399 e. The minimum Gasteiger partial charge on any atom is -0.399 e. The number of nitrogen functional groups attached to an aromatic ring is 1. The fourth-order valence-electron chi connectivity index (χ4n) is 1.32. The van der Waals surface area contributed by atoms with E-state index in [1.807, 2.05) is 0 Å². The Morgan fingerprint density at radius 3 is 2.47 bits per heavy atom. The first-order valence-electron chi connectivity index (χ1n) is 4.57. The summed E-state index contributed by atoms with van der Waals surface area (Å²) in [4.78, 5) is 0. The maximum absolute atomic E-state index is 9.69. The van der Waals surface area contributed by atoms with Gasteiger partial charge in [0.25, 0.3) is 0 Å². The van der Waals surface area contributed by atoms with Crippen LogP contribution in [0.1, 0.15) is 18.1 Å². The van der Waals surface area contributed by atoms with E-state index in [4.69, 9.17) is 22.4 Å². The van der Waals surface area contributed by atoms with Crippen LogP contribution < -0.4 is 5.73 Å². The Labute approximate surface area is 92.9 Å². The molecule has 0 saturated heterocycles. The predicted molar refractivity (Wildman–Crippen MR) is 58.5 cm³/mol. The first kappa shape index (κ1) is 12.3. The molecule has 0 aliphatic carbocycles. The van der Waals surface area contributed by atoms with Crippen LogP contribution >= 0.6 is 11.6 Å². The molecule has 0 fully saturated rings. The van der Waals surface area contributed by atoms with Crippen molar-refractivity contribution in [3.05, 3.63) is 28.8 Å². The second-order valence-electron chi connectivity index (χ2n) is 3.34. The lowest BCUT2D eigenvalue weighted by atomic mass is 10.0. The number of hydrogen-bond acceptors (Lipinski definition) is 4. The van der Waals surface area contributed by atoms with Crippen molar-refractivity contribution in [2.24, 2.45) is 0 Å². The van der Waals surface area contributed by atoms with Gasteiger partial charge in [-0.2, -0.15) is 0 Å². The van der Waals surface area contributed by atoms with Crippen LogP contribution in [-0.2, 0) is 0 Å². The van der Waals surface area contributed by atoms with E-state index in [1.54, 1.807) is 6.07 Å². The fraction of sp³-hybridized carbons (Fsp3) is 0.400. The summed E-state index contributed by atoms with van der Waals surface area (Å²) in [5, 5.41) is 28.2. The van der Waals surface area contributed by atoms with Gasteiger partial charge < -0.3 is 21.1 Å². The van der Waals surface area contributed by atoms with Gasteiger partial charge in [0.05, 0.1) is 6.10 Å². The Balaban J connectivity index is 2.85. The van der Waals surface area contributed by atoms with Crippen molar-refractivity contribution in [1.29, 1.82) is 0 Å². The molecule has 1 rings (SSSR count). The smallest absolute Gasteiger partial charge is 0.105 e. The molecule has 1 aromatic rings. The van der Waals surface area contributed by atoms with Crippen LogP contribution in [0.4, 0.5) is 5.69 Å².